The zero-order valence-corrected chi connectivity index (χ0v) is 16.4. The first kappa shape index (κ1) is 21.4. The average Bonchev–Trinajstić information content (AvgIpc) is 2.66. The first-order valence-electron chi connectivity index (χ1n) is 9.10. The number of hydrogen-bond acceptors (Lipinski definition) is 5. The Morgan fingerprint density at radius 3 is 2.43 bits per heavy atom. The Morgan fingerprint density at radius 1 is 1.14 bits per heavy atom. The lowest BCUT2D eigenvalue weighted by atomic mass is 10.1. The number of aliphatic hydroxyl groups excluding tert-OH is 1. The number of fused-ring (bicyclic) bond motifs is 1. The topological polar surface area (TPSA) is 99.7 Å². The van der Waals surface area contributed by atoms with Gasteiger partial charge >= 0.3 is 0 Å². The van der Waals surface area contributed by atoms with E-state index in [0.29, 0.717) is 24.4 Å². The molecule has 1 aliphatic rings. The zero-order chi connectivity index (χ0) is 20.5. The van der Waals surface area contributed by atoms with E-state index in [1.165, 1.54) is 0 Å². The average molecular weight is 385 g/mol. The molecule has 0 aliphatic carbocycles. The van der Waals surface area contributed by atoms with Crippen LogP contribution in [0.1, 0.15) is 35.3 Å². The monoisotopic (exact) mass is 385 g/mol. The first-order valence-corrected chi connectivity index (χ1v) is 9.10. The van der Waals surface area contributed by atoms with Crippen molar-refractivity contribution in [1.82, 2.24) is 5.32 Å². The van der Waals surface area contributed by atoms with E-state index in [9.17, 15) is 9.59 Å². The van der Waals surface area contributed by atoms with E-state index in [-0.39, 0.29) is 24.5 Å². The van der Waals surface area contributed by atoms with Gasteiger partial charge in [0.1, 0.15) is 0 Å². The van der Waals surface area contributed by atoms with Gasteiger partial charge < -0.3 is 25.8 Å². The maximum absolute atomic E-state index is 12.3. The van der Waals surface area contributed by atoms with Crippen LogP contribution in [0.15, 0.2) is 42.5 Å². The van der Waals surface area contributed by atoms with Crippen LogP contribution in [0.4, 0.5) is 11.4 Å². The van der Waals surface area contributed by atoms with Gasteiger partial charge in [-0.1, -0.05) is 24.3 Å². The van der Waals surface area contributed by atoms with Crippen molar-refractivity contribution in [3.05, 3.63) is 59.2 Å². The molecule has 0 radical (unpaired) electrons. The molecule has 7 nitrogen and oxygen atoms in total. The molecule has 0 atom stereocenters. The van der Waals surface area contributed by atoms with E-state index < -0.39 is 0 Å². The SMILES string of the molecule is CC(C)O.COCc1ccc(CNC(=O)c2ccc3c(c2)NC(=O)CN3)cc1. The van der Waals surface area contributed by atoms with Gasteiger partial charge in [-0.2, -0.15) is 0 Å². The Kier molecular flexibility index (Phi) is 7.98. The molecule has 4 N–H and O–H groups in total. The smallest absolute Gasteiger partial charge is 0.251 e. The van der Waals surface area contributed by atoms with Gasteiger partial charge in [0.2, 0.25) is 5.91 Å². The van der Waals surface area contributed by atoms with Gasteiger partial charge in [-0.15, -0.1) is 0 Å². The lowest BCUT2D eigenvalue weighted by Gasteiger charge is -2.19. The van der Waals surface area contributed by atoms with Crippen LogP contribution in [-0.2, 0) is 22.7 Å². The number of benzene rings is 2. The molecule has 0 bridgehead atoms. The quantitative estimate of drug-likeness (QED) is 0.634. The fraction of sp³-hybridized carbons (Fsp3) is 0.333. The summed E-state index contributed by atoms with van der Waals surface area (Å²) in [4.78, 5) is 23.7. The Balaban J connectivity index is 0.000000640. The number of rotatable bonds is 5. The largest absolute Gasteiger partial charge is 0.394 e. The van der Waals surface area contributed by atoms with Gasteiger partial charge in [0.25, 0.3) is 5.91 Å². The van der Waals surface area contributed by atoms with E-state index in [4.69, 9.17) is 9.84 Å². The molecule has 2 amide bonds. The summed E-state index contributed by atoms with van der Waals surface area (Å²) < 4.78 is 5.07. The third-order valence-electron chi connectivity index (χ3n) is 3.78. The van der Waals surface area contributed by atoms with E-state index in [1.54, 1.807) is 39.2 Å². The van der Waals surface area contributed by atoms with Crippen molar-refractivity contribution in [2.75, 3.05) is 24.3 Å². The van der Waals surface area contributed by atoms with E-state index in [2.05, 4.69) is 16.0 Å². The van der Waals surface area contributed by atoms with Crippen molar-refractivity contribution < 1.29 is 19.4 Å². The fourth-order valence-electron chi connectivity index (χ4n) is 2.52. The summed E-state index contributed by atoms with van der Waals surface area (Å²) in [6, 6.07) is 13.1. The molecule has 3 rings (SSSR count). The summed E-state index contributed by atoms with van der Waals surface area (Å²) in [5.74, 6) is -0.296. The molecule has 2 aromatic carbocycles. The number of anilines is 2. The Morgan fingerprint density at radius 2 is 1.79 bits per heavy atom. The Labute approximate surface area is 165 Å². The maximum atomic E-state index is 12.3. The lowest BCUT2D eigenvalue weighted by Crippen LogP contribution is -2.28. The summed E-state index contributed by atoms with van der Waals surface area (Å²) in [5.41, 5.74) is 4.05. The summed E-state index contributed by atoms with van der Waals surface area (Å²) >= 11 is 0. The minimum Gasteiger partial charge on any atom is -0.394 e. The van der Waals surface area contributed by atoms with Gasteiger partial charge in [-0.05, 0) is 43.2 Å². The number of nitrogens with one attached hydrogen (secondary N) is 3. The van der Waals surface area contributed by atoms with Crippen molar-refractivity contribution in [3.63, 3.8) is 0 Å². The molecule has 28 heavy (non-hydrogen) atoms. The van der Waals surface area contributed by atoms with Crippen LogP contribution in [0, 0.1) is 0 Å². The summed E-state index contributed by atoms with van der Waals surface area (Å²) in [7, 11) is 1.66. The molecule has 0 saturated heterocycles. The molecule has 0 aromatic heterocycles. The number of carbonyl (C=O) groups excluding carboxylic acids is 2. The van der Waals surface area contributed by atoms with Crippen LogP contribution in [0.3, 0.4) is 0 Å². The first-order chi connectivity index (χ1) is 13.4. The van der Waals surface area contributed by atoms with E-state index in [0.717, 1.165) is 16.8 Å². The van der Waals surface area contributed by atoms with Crippen LogP contribution in [0.5, 0.6) is 0 Å². The minimum atomic E-state index is -0.182. The number of ether oxygens (including phenoxy) is 1. The predicted molar refractivity (Wildman–Crippen MR) is 109 cm³/mol. The molecule has 0 fully saturated rings. The van der Waals surface area contributed by atoms with Crippen molar-refractivity contribution >= 4 is 23.2 Å². The standard InChI is InChI=1S/C18H19N3O3.C3H8O/c1-24-11-13-4-2-12(3-5-13)9-20-18(23)14-6-7-15-16(8-14)21-17(22)10-19-15;1-3(2)4/h2-8,19H,9-11H2,1H3,(H,20,23)(H,21,22);3-4H,1-2H3. The second-order valence-electron chi connectivity index (χ2n) is 6.69. The molecule has 7 heteroatoms. The van der Waals surface area contributed by atoms with Crippen LogP contribution < -0.4 is 16.0 Å². The van der Waals surface area contributed by atoms with Crippen molar-refractivity contribution in [2.45, 2.75) is 33.1 Å². The Bertz CT molecular complexity index is 801. The highest BCUT2D eigenvalue weighted by Gasteiger charge is 2.16. The number of amides is 2. The number of hydrogen-bond donors (Lipinski definition) is 4. The number of aliphatic hydroxyl groups is 1. The third-order valence-corrected chi connectivity index (χ3v) is 3.78. The second-order valence-corrected chi connectivity index (χ2v) is 6.69. The van der Waals surface area contributed by atoms with Crippen molar-refractivity contribution in [2.24, 2.45) is 0 Å². The van der Waals surface area contributed by atoms with Gasteiger partial charge in [-0.25, -0.2) is 0 Å². The minimum absolute atomic E-state index is 0.115. The summed E-state index contributed by atoms with van der Waals surface area (Å²) in [5, 5.41) is 16.7. The maximum Gasteiger partial charge on any atom is 0.251 e. The van der Waals surface area contributed by atoms with Gasteiger partial charge in [-0.3, -0.25) is 9.59 Å². The molecule has 1 aliphatic heterocycles. The summed E-state index contributed by atoms with van der Waals surface area (Å²) in [6.07, 6.45) is -0.167. The van der Waals surface area contributed by atoms with Crippen molar-refractivity contribution in [1.29, 1.82) is 0 Å². The molecule has 0 spiro atoms. The highest BCUT2D eigenvalue weighted by Crippen LogP contribution is 2.25. The van der Waals surface area contributed by atoms with Crippen LogP contribution in [0.2, 0.25) is 0 Å². The molecule has 0 unspecified atom stereocenters. The normalized spacial score (nSPS) is 12.2. The highest BCUT2D eigenvalue weighted by atomic mass is 16.5. The molecule has 0 saturated carbocycles. The lowest BCUT2D eigenvalue weighted by molar-refractivity contribution is -0.114. The van der Waals surface area contributed by atoms with Gasteiger partial charge in [0.15, 0.2) is 0 Å². The van der Waals surface area contributed by atoms with Crippen LogP contribution in [-0.4, -0.2) is 36.7 Å². The number of methoxy groups -OCH3 is 1. The van der Waals surface area contributed by atoms with E-state index in [1.807, 2.05) is 24.3 Å². The molecular weight excluding hydrogens is 358 g/mol. The van der Waals surface area contributed by atoms with Gasteiger partial charge in [0.05, 0.1) is 24.5 Å². The fourth-order valence-corrected chi connectivity index (χ4v) is 2.52. The number of carbonyl (C=O) groups is 2. The predicted octanol–water partition coefficient (Wildman–Crippen LogP) is 2.51. The van der Waals surface area contributed by atoms with Crippen molar-refractivity contribution in [3.8, 4) is 0 Å². The molecular formula is C21H27N3O4. The molecule has 150 valence electrons. The molecule has 2 aromatic rings. The van der Waals surface area contributed by atoms with Crippen LogP contribution in [0.25, 0.3) is 0 Å². The second kappa shape index (κ2) is 10.4. The Hall–Kier alpha value is -2.90. The zero-order valence-electron chi connectivity index (χ0n) is 16.4. The highest BCUT2D eigenvalue weighted by molar-refractivity contribution is 6.03. The summed E-state index contributed by atoms with van der Waals surface area (Å²) in [6.45, 7) is 4.70. The third kappa shape index (κ3) is 6.68. The van der Waals surface area contributed by atoms with Crippen LogP contribution >= 0.6 is 0 Å². The van der Waals surface area contributed by atoms with Gasteiger partial charge in [0, 0.05) is 25.3 Å². The van der Waals surface area contributed by atoms with E-state index >= 15 is 0 Å². The molecule has 1 heterocycles.